The minimum absolute atomic E-state index is 0.194. The van der Waals surface area contributed by atoms with Gasteiger partial charge in [-0.15, -0.1) is 0 Å². The molecule has 2 amide bonds. The van der Waals surface area contributed by atoms with Crippen molar-refractivity contribution in [2.75, 3.05) is 12.1 Å². The van der Waals surface area contributed by atoms with Crippen molar-refractivity contribution >= 4 is 11.7 Å². The van der Waals surface area contributed by atoms with Crippen LogP contribution in [0, 0.1) is 20.8 Å². The number of anilines is 1. The number of hydrogen-bond acceptors (Lipinski definition) is 4. The number of benzene rings is 2. The quantitative estimate of drug-likeness (QED) is 0.651. The molecule has 1 aliphatic rings. The highest BCUT2D eigenvalue weighted by Crippen LogP contribution is 2.33. The van der Waals surface area contributed by atoms with Crippen LogP contribution in [0.1, 0.15) is 28.2 Å². The Labute approximate surface area is 170 Å². The summed E-state index contributed by atoms with van der Waals surface area (Å²) in [6, 6.07) is 15.2. The van der Waals surface area contributed by atoms with Crippen LogP contribution in [-0.4, -0.2) is 17.7 Å². The van der Waals surface area contributed by atoms with E-state index in [0.29, 0.717) is 18.8 Å². The van der Waals surface area contributed by atoms with Gasteiger partial charge in [-0.3, -0.25) is 0 Å². The number of furan rings is 1. The third kappa shape index (κ3) is 4.37. The lowest BCUT2D eigenvalue weighted by molar-refractivity contribution is 0.174. The molecule has 0 saturated carbocycles. The smallest absolute Gasteiger partial charge is 0.322 e. The Kier molecular flexibility index (Phi) is 5.16. The first-order chi connectivity index (χ1) is 14.0. The topological polar surface area (TPSA) is 63.9 Å². The number of hydrogen-bond donors (Lipinski definition) is 1. The van der Waals surface area contributed by atoms with E-state index in [1.165, 1.54) is 5.56 Å². The molecular formula is C23H24N2O4. The highest BCUT2D eigenvalue weighted by molar-refractivity contribution is 5.89. The van der Waals surface area contributed by atoms with Gasteiger partial charge in [-0.1, -0.05) is 12.1 Å². The maximum Gasteiger partial charge on any atom is 0.322 e. The van der Waals surface area contributed by atoms with Gasteiger partial charge < -0.3 is 24.1 Å². The summed E-state index contributed by atoms with van der Waals surface area (Å²) in [5.41, 5.74) is 4.04. The summed E-state index contributed by atoms with van der Waals surface area (Å²) in [6.07, 6.45) is 0. The molecule has 0 unspecified atom stereocenters. The van der Waals surface area contributed by atoms with Gasteiger partial charge in [0.1, 0.15) is 11.5 Å². The van der Waals surface area contributed by atoms with Crippen molar-refractivity contribution in [3.05, 3.63) is 76.7 Å². The van der Waals surface area contributed by atoms with E-state index in [2.05, 4.69) is 5.32 Å². The average Bonchev–Trinajstić information content (AvgIpc) is 3.32. The van der Waals surface area contributed by atoms with Crippen molar-refractivity contribution in [2.24, 2.45) is 0 Å². The van der Waals surface area contributed by atoms with E-state index in [1.807, 2.05) is 69.3 Å². The zero-order chi connectivity index (χ0) is 20.4. The number of nitrogens with one attached hydrogen (secondary N) is 1. The van der Waals surface area contributed by atoms with Crippen LogP contribution in [-0.2, 0) is 13.1 Å². The highest BCUT2D eigenvalue weighted by atomic mass is 16.7. The molecule has 2 aromatic carbocycles. The van der Waals surface area contributed by atoms with Gasteiger partial charge >= 0.3 is 6.03 Å². The highest BCUT2D eigenvalue weighted by Gasteiger charge is 2.19. The van der Waals surface area contributed by atoms with E-state index in [0.717, 1.165) is 34.1 Å². The summed E-state index contributed by atoms with van der Waals surface area (Å²) < 4.78 is 16.5. The summed E-state index contributed by atoms with van der Waals surface area (Å²) in [7, 11) is 0. The zero-order valence-electron chi connectivity index (χ0n) is 16.8. The Hall–Kier alpha value is -3.41. The zero-order valence-corrected chi connectivity index (χ0v) is 16.8. The van der Waals surface area contributed by atoms with Gasteiger partial charge in [-0.25, -0.2) is 4.79 Å². The van der Waals surface area contributed by atoms with Crippen LogP contribution in [0.5, 0.6) is 11.5 Å². The molecule has 6 nitrogen and oxygen atoms in total. The number of amides is 2. The number of carbonyl (C=O) groups is 1. The van der Waals surface area contributed by atoms with Crippen molar-refractivity contribution in [1.29, 1.82) is 0 Å². The number of urea groups is 1. The maximum absolute atomic E-state index is 13.1. The van der Waals surface area contributed by atoms with E-state index in [9.17, 15) is 4.79 Å². The first-order valence-electron chi connectivity index (χ1n) is 9.55. The molecule has 0 bridgehead atoms. The maximum atomic E-state index is 13.1. The molecule has 6 heteroatoms. The standard InChI is InChI=1S/C23H24N2O4/c1-15-4-7-19(10-16(15)2)24-23(26)25(13-20-8-5-17(3)29-20)12-18-6-9-21-22(11-18)28-14-27-21/h4-11H,12-14H2,1-3H3,(H,24,26). The van der Waals surface area contributed by atoms with E-state index in [4.69, 9.17) is 13.9 Å². The Bertz CT molecular complexity index is 1040. The first kappa shape index (κ1) is 18.9. The molecule has 1 aliphatic heterocycles. The van der Waals surface area contributed by atoms with Crippen LogP contribution < -0.4 is 14.8 Å². The molecule has 3 aromatic rings. The fourth-order valence-corrected chi connectivity index (χ4v) is 3.24. The minimum atomic E-state index is -0.194. The summed E-state index contributed by atoms with van der Waals surface area (Å²) in [5, 5.41) is 3.00. The Balaban J connectivity index is 1.55. The van der Waals surface area contributed by atoms with Crippen molar-refractivity contribution < 1.29 is 18.7 Å². The Morgan fingerprint density at radius 2 is 1.76 bits per heavy atom. The predicted octanol–water partition coefficient (Wildman–Crippen LogP) is 5.17. The van der Waals surface area contributed by atoms with Crippen LogP contribution in [0.2, 0.25) is 0 Å². The number of aryl methyl sites for hydroxylation is 3. The second-order valence-electron chi connectivity index (χ2n) is 7.29. The van der Waals surface area contributed by atoms with E-state index >= 15 is 0 Å². The molecule has 0 saturated heterocycles. The third-order valence-electron chi connectivity index (χ3n) is 5.00. The lowest BCUT2D eigenvalue weighted by atomic mass is 10.1. The first-order valence-corrected chi connectivity index (χ1v) is 9.55. The SMILES string of the molecule is Cc1ccc(CN(Cc2ccc3c(c2)OCO3)C(=O)Nc2ccc(C)c(C)c2)o1. The number of nitrogens with zero attached hydrogens (tertiary/aromatic N) is 1. The minimum Gasteiger partial charge on any atom is -0.464 e. The molecule has 0 radical (unpaired) electrons. The molecule has 0 atom stereocenters. The molecule has 0 fully saturated rings. The molecule has 4 rings (SSSR count). The van der Waals surface area contributed by atoms with Crippen molar-refractivity contribution in [2.45, 2.75) is 33.9 Å². The Morgan fingerprint density at radius 3 is 2.52 bits per heavy atom. The molecule has 2 heterocycles. The lowest BCUT2D eigenvalue weighted by Crippen LogP contribution is -2.34. The molecule has 1 aromatic heterocycles. The van der Waals surface area contributed by atoms with E-state index in [1.54, 1.807) is 4.90 Å². The molecule has 0 spiro atoms. The number of ether oxygens (including phenoxy) is 2. The number of rotatable bonds is 5. The number of carbonyl (C=O) groups excluding carboxylic acids is 1. The van der Waals surface area contributed by atoms with Crippen LogP contribution in [0.15, 0.2) is 52.9 Å². The van der Waals surface area contributed by atoms with Crippen LogP contribution in [0.25, 0.3) is 0 Å². The molecule has 29 heavy (non-hydrogen) atoms. The second-order valence-corrected chi connectivity index (χ2v) is 7.29. The van der Waals surface area contributed by atoms with Crippen molar-refractivity contribution in [3.63, 3.8) is 0 Å². The van der Waals surface area contributed by atoms with Gasteiger partial charge in [0.25, 0.3) is 0 Å². The van der Waals surface area contributed by atoms with E-state index < -0.39 is 0 Å². The molecular weight excluding hydrogens is 368 g/mol. The van der Waals surface area contributed by atoms with Crippen molar-refractivity contribution in [1.82, 2.24) is 4.90 Å². The largest absolute Gasteiger partial charge is 0.464 e. The third-order valence-corrected chi connectivity index (χ3v) is 5.00. The van der Waals surface area contributed by atoms with Gasteiger partial charge in [0.15, 0.2) is 11.5 Å². The normalized spacial score (nSPS) is 12.1. The van der Waals surface area contributed by atoms with Gasteiger partial charge in [-0.2, -0.15) is 0 Å². The molecule has 0 aliphatic carbocycles. The summed E-state index contributed by atoms with van der Waals surface area (Å²) in [4.78, 5) is 14.8. The number of fused-ring (bicyclic) bond motifs is 1. The summed E-state index contributed by atoms with van der Waals surface area (Å²) in [5.74, 6) is 2.98. The van der Waals surface area contributed by atoms with Crippen LogP contribution in [0.3, 0.4) is 0 Å². The monoisotopic (exact) mass is 392 g/mol. The van der Waals surface area contributed by atoms with Gasteiger partial charge in [0.05, 0.1) is 6.54 Å². The molecule has 1 N–H and O–H groups in total. The lowest BCUT2D eigenvalue weighted by Gasteiger charge is -2.23. The average molecular weight is 392 g/mol. The second kappa shape index (κ2) is 7.91. The Morgan fingerprint density at radius 1 is 0.931 bits per heavy atom. The summed E-state index contributed by atoms with van der Waals surface area (Å²) in [6.45, 7) is 6.96. The summed E-state index contributed by atoms with van der Waals surface area (Å²) >= 11 is 0. The van der Waals surface area contributed by atoms with Gasteiger partial charge in [-0.05, 0) is 73.9 Å². The van der Waals surface area contributed by atoms with Crippen molar-refractivity contribution in [3.8, 4) is 11.5 Å². The van der Waals surface area contributed by atoms with E-state index in [-0.39, 0.29) is 12.8 Å². The van der Waals surface area contributed by atoms with Gasteiger partial charge in [0.2, 0.25) is 6.79 Å². The van der Waals surface area contributed by atoms with Crippen LogP contribution in [0.4, 0.5) is 10.5 Å². The fourth-order valence-electron chi connectivity index (χ4n) is 3.24. The van der Waals surface area contributed by atoms with Gasteiger partial charge in [0, 0.05) is 12.2 Å². The molecule has 150 valence electrons. The van der Waals surface area contributed by atoms with Crippen LogP contribution >= 0.6 is 0 Å². The predicted molar refractivity (Wildman–Crippen MR) is 110 cm³/mol. The fraction of sp³-hybridized carbons (Fsp3) is 0.261.